The molecule has 9 heteroatoms. The summed E-state index contributed by atoms with van der Waals surface area (Å²) in [6.07, 6.45) is 1.02. The highest BCUT2D eigenvalue weighted by Gasteiger charge is 2.12. The lowest BCUT2D eigenvalue weighted by Crippen LogP contribution is -2.14. The highest BCUT2D eigenvalue weighted by molar-refractivity contribution is 8.01. The molecule has 0 aliphatic rings. The molecule has 0 spiro atoms. The van der Waals surface area contributed by atoms with Crippen LogP contribution in [0.2, 0.25) is 5.02 Å². The third-order valence-electron chi connectivity index (χ3n) is 3.01. The molecular formula is C15H19ClN4O2S2. The van der Waals surface area contributed by atoms with Gasteiger partial charge in [0.1, 0.15) is 5.75 Å². The molecule has 0 unspecified atom stereocenters. The lowest BCUT2D eigenvalue weighted by Gasteiger charge is -2.11. The van der Waals surface area contributed by atoms with E-state index in [0.29, 0.717) is 16.5 Å². The van der Waals surface area contributed by atoms with Crippen LogP contribution in [0, 0.1) is 6.92 Å². The van der Waals surface area contributed by atoms with Gasteiger partial charge < -0.3 is 15.4 Å². The Morgan fingerprint density at radius 3 is 2.92 bits per heavy atom. The van der Waals surface area contributed by atoms with E-state index in [2.05, 4.69) is 27.8 Å². The minimum Gasteiger partial charge on any atom is -0.495 e. The summed E-state index contributed by atoms with van der Waals surface area (Å²) in [5.74, 6) is 0.636. The maximum absolute atomic E-state index is 12.1. The average Bonchev–Trinajstić information content (AvgIpc) is 3.02. The summed E-state index contributed by atoms with van der Waals surface area (Å²) in [4.78, 5) is 12.1. The second-order valence-corrected chi connectivity index (χ2v) is 7.55. The van der Waals surface area contributed by atoms with Crippen molar-refractivity contribution in [2.75, 3.05) is 30.0 Å². The molecule has 0 fully saturated rings. The smallest absolute Gasteiger partial charge is 0.234 e. The van der Waals surface area contributed by atoms with Crippen LogP contribution < -0.4 is 15.4 Å². The summed E-state index contributed by atoms with van der Waals surface area (Å²) >= 11 is 8.85. The number of methoxy groups -OCH3 is 1. The van der Waals surface area contributed by atoms with Crippen LogP contribution in [0.25, 0.3) is 0 Å². The topological polar surface area (TPSA) is 76.1 Å². The van der Waals surface area contributed by atoms with E-state index >= 15 is 0 Å². The molecule has 0 aliphatic carbocycles. The summed E-state index contributed by atoms with van der Waals surface area (Å²) in [5.41, 5.74) is 1.48. The second kappa shape index (κ2) is 9.10. The van der Waals surface area contributed by atoms with E-state index in [1.165, 1.54) is 30.2 Å². The van der Waals surface area contributed by atoms with E-state index in [-0.39, 0.29) is 11.7 Å². The number of hydrogen-bond acceptors (Lipinski definition) is 7. The first-order valence-electron chi connectivity index (χ1n) is 7.37. The van der Waals surface area contributed by atoms with E-state index in [4.69, 9.17) is 16.3 Å². The SMILES string of the molecule is CCCNc1nnc(SCC(=O)Nc2cc(C)c(Cl)cc2OC)s1. The van der Waals surface area contributed by atoms with Crippen molar-refractivity contribution in [1.29, 1.82) is 0 Å². The van der Waals surface area contributed by atoms with Crippen LogP contribution >= 0.6 is 34.7 Å². The predicted molar refractivity (Wildman–Crippen MR) is 101 cm³/mol. The number of nitrogens with zero attached hydrogens (tertiary/aromatic N) is 2. The van der Waals surface area contributed by atoms with Crippen LogP contribution in [-0.2, 0) is 4.79 Å². The van der Waals surface area contributed by atoms with Crippen LogP contribution in [0.15, 0.2) is 16.5 Å². The predicted octanol–water partition coefficient (Wildman–Crippen LogP) is 4.06. The molecule has 0 saturated carbocycles. The fourth-order valence-corrected chi connectivity index (χ4v) is 3.55. The molecule has 0 bridgehead atoms. The number of hydrogen-bond donors (Lipinski definition) is 2. The molecule has 1 aromatic heterocycles. The van der Waals surface area contributed by atoms with E-state index in [9.17, 15) is 4.79 Å². The molecule has 6 nitrogen and oxygen atoms in total. The van der Waals surface area contributed by atoms with Crippen molar-refractivity contribution in [1.82, 2.24) is 10.2 Å². The zero-order chi connectivity index (χ0) is 17.5. The van der Waals surface area contributed by atoms with Gasteiger partial charge in [0.2, 0.25) is 11.0 Å². The van der Waals surface area contributed by atoms with Crippen LogP contribution in [0.4, 0.5) is 10.8 Å². The minimum atomic E-state index is -0.140. The lowest BCUT2D eigenvalue weighted by molar-refractivity contribution is -0.113. The number of amides is 1. The third kappa shape index (κ3) is 5.25. The van der Waals surface area contributed by atoms with Gasteiger partial charge in [-0.25, -0.2) is 0 Å². The molecule has 0 radical (unpaired) electrons. The van der Waals surface area contributed by atoms with Gasteiger partial charge in [-0.3, -0.25) is 4.79 Å². The number of aryl methyl sites for hydroxylation is 1. The Hall–Kier alpha value is -1.51. The number of thioether (sulfide) groups is 1. The molecule has 1 heterocycles. The summed E-state index contributed by atoms with van der Waals surface area (Å²) < 4.78 is 6.00. The van der Waals surface area contributed by atoms with Crippen LogP contribution in [0.3, 0.4) is 0 Å². The Bertz CT molecular complexity index is 709. The largest absolute Gasteiger partial charge is 0.495 e. The van der Waals surface area contributed by atoms with Crippen molar-refractivity contribution >= 4 is 51.4 Å². The first-order valence-corrected chi connectivity index (χ1v) is 9.55. The summed E-state index contributed by atoms with van der Waals surface area (Å²) in [7, 11) is 1.54. The number of rotatable bonds is 8. The first kappa shape index (κ1) is 18.8. The molecule has 2 rings (SSSR count). The summed E-state index contributed by atoms with van der Waals surface area (Å²) in [5, 5.41) is 15.5. The number of ether oxygens (including phenoxy) is 1. The van der Waals surface area contributed by atoms with Crippen molar-refractivity contribution in [3.8, 4) is 5.75 Å². The van der Waals surface area contributed by atoms with Crippen molar-refractivity contribution in [2.45, 2.75) is 24.6 Å². The van der Waals surface area contributed by atoms with E-state index in [1.807, 2.05) is 6.92 Å². The number of halogens is 1. The minimum absolute atomic E-state index is 0.140. The number of benzene rings is 1. The van der Waals surface area contributed by atoms with Gasteiger partial charge in [0.15, 0.2) is 4.34 Å². The number of aromatic nitrogens is 2. The van der Waals surface area contributed by atoms with E-state index in [0.717, 1.165) is 28.0 Å². The van der Waals surface area contributed by atoms with Gasteiger partial charge >= 0.3 is 0 Å². The number of carbonyl (C=O) groups excluding carboxylic acids is 1. The zero-order valence-corrected chi connectivity index (χ0v) is 16.1. The standard InChI is InChI=1S/C15H19ClN4O2S2/c1-4-5-17-14-19-20-15(24-14)23-8-13(21)18-11-6-9(2)10(16)7-12(11)22-3/h6-7H,4-5,8H2,1-3H3,(H,17,19)(H,18,21). The molecule has 0 aliphatic heterocycles. The summed E-state index contributed by atoms with van der Waals surface area (Å²) in [6.45, 7) is 4.81. The Morgan fingerprint density at radius 1 is 1.42 bits per heavy atom. The quantitative estimate of drug-likeness (QED) is 0.666. The van der Waals surface area contributed by atoms with Crippen molar-refractivity contribution in [2.24, 2.45) is 0 Å². The summed E-state index contributed by atoms with van der Waals surface area (Å²) in [6, 6.07) is 3.48. The maximum Gasteiger partial charge on any atom is 0.234 e. The normalized spacial score (nSPS) is 10.5. The van der Waals surface area contributed by atoms with Crippen LogP contribution in [0.5, 0.6) is 5.75 Å². The Balaban J connectivity index is 1.91. The lowest BCUT2D eigenvalue weighted by atomic mass is 10.2. The van der Waals surface area contributed by atoms with Crippen molar-refractivity contribution in [3.63, 3.8) is 0 Å². The fourth-order valence-electron chi connectivity index (χ4n) is 1.81. The maximum atomic E-state index is 12.1. The Morgan fingerprint density at radius 2 is 2.21 bits per heavy atom. The molecular weight excluding hydrogens is 368 g/mol. The number of nitrogens with one attached hydrogen (secondary N) is 2. The fraction of sp³-hybridized carbons (Fsp3) is 0.400. The first-order chi connectivity index (χ1) is 11.5. The zero-order valence-electron chi connectivity index (χ0n) is 13.7. The van der Waals surface area contributed by atoms with Crippen LogP contribution in [-0.4, -0.2) is 35.5 Å². The van der Waals surface area contributed by atoms with Gasteiger partial charge in [-0.05, 0) is 25.0 Å². The molecule has 2 N–H and O–H groups in total. The second-order valence-electron chi connectivity index (χ2n) is 4.94. The molecule has 0 saturated heterocycles. The molecule has 2 aromatic rings. The number of carbonyl (C=O) groups is 1. The molecule has 1 aromatic carbocycles. The van der Waals surface area contributed by atoms with Gasteiger partial charge in [0, 0.05) is 17.6 Å². The van der Waals surface area contributed by atoms with Gasteiger partial charge in [-0.15, -0.1) is 10.2 Å². The molecule has 1 amide bonds. The van der Waals surface area contributed by atoms with E-state index in [1.54, 1.807) is 12.1 Å². The average molecular weight is 387 g/mol. The number of anilines is 2. The van der Waals surface area contributed by atoms with Gasteiger partial charge in [0.25, 0.3) is 0 Å². The Kier molecular flexibility index (Phi) is 7.14. The van der Waals surface area contributed by atoms with Gasteiger partial charge in [0.05, 0.1) is 18.6 Å². The Labute approximate surface area is 154 Å². The highest BCUT2D eigenvalue weighted by atomic mass is 35.5. The van der Waals surface area contributed by atoms with Crippen molar-refractivity contribution < 1.29 is 9.53 Å². The third-order valence-corrected chi connectivity index (χ3v) is 5.44. The van der Waals surface area contributed by atoms with Crippen molar-refractivity contribution in [3.05, 3.63) is 22.7 Å². The molecule has 24 heavy (non-hydrogen) atoms. The van der Waals surface area contributed by atoms with Crippen LogP contribution in [0.1, 0.15) is 18.9 Å². The van der Waals surface area contributed by atoms with E-state index < -0.39 is 0 Å². The highest BCUT2D eigenvalue weighted by Crippen LogP contribution is 2.31. The van der Waals surface area contributed by atoms with Gasteiger partial charge in [-0.1, -0.05) is 41.6 Å². The monoisotopic (exact) mass is 386 g/mol. The van der Waals surface area contributed by atoms with Gasteiger partial charge in [-0.2, -0.15) is 0 Å². The molecule has 130 valence electrons. The molecule has 0 atom stereocenters.